The summed E-state index contributed by atoms with van der Waals surface area (Å²) in [6.45, 7) is 2.03. The third-order valence-corrected chi connectivity index (χ3v) is 3.17. The number of anilines is 1. The van der Waals surface area contributed by atoms with Crippen LogP contribution in [0.5, 0.6) is 0 Å². The Kier molecular flexibility index (Phi) is 4.22. The van der Waals surface area contributed by atoms with Crippen molar-refractivity contribution in [3.05, 3.63) is 29.4 Å². The fourth-order valence-electron chi connectivity index (χ4n) is 2.03. The lowest BCUT2D eigenvalue weighted by molar-refractivity contribution is 0.782. The summed E-state index contributed by atoms with van der Waals surface area (Å²) in [7, 11) is 0. The van der Waals surface area contributed by atoms with Gasteiger partial charge in [-0.3, -0.25) is 0 Å². The van der Waals surface area contributed by atoms with Crippen molar-refractivity contribution < 1.29 is 0 Å². The number of rotatable bonds is 2. The second-order valence-corrected chi connectivity index (χ2v) is 4.67. The van der Waals surface area contributed by atoms with Crippen LogP contribution in [0.3, 0.4) is 0 Å². The molecular weight excluding hydrogens is 271 g/mol. The van der Waals surface area contributed by atoms with Crippen LogP contribution in [-0.2, 0) is 0 Å². The quantitative estimate of drug-likeness (QED) is 0.890. The highest BCUT2D eigenvalue weighted by Crippen LogP contribution is 2.18. The van der Waals surface area contributed by atoms with E-state index in [1.165, 1.54) is 0 Å². The molecular formula is C12H14Cl2N4. The maximum absolute atomic E-state index is 5.92. The van der Waals surface area contributed by atoms with Gasteiger partial charge in [-0.05, 0) is 31.2 Å². The van der Waals surface area contributed by atoms with Crippen molar-refractivity contribution in [3.63, 3.8) is 0 Å². The van der Waals surface area contributed by atoms with E-state index >= 15 is 0 Å². The van der Waals surface area contributed by atoms with Gasteiger partial charge >= 0.3 is 0 Å². The zero-order valence-corrected chi connectivity index (χ0v) is 11.3. The number of benzene rings is 1. The second-order valence-electron chi connectivity index (χ2n) is 4.23. The van der Waals surface area contributed by atoms with Crippen LogP contribution >= 0.6 is 24.0 Å². The maximum Gasteiger partial charge on any atom is 0.223 e. The minimum absolute atomic E-state index is 0. The Hall–Kier alpha value is -1.10. The van der Waals surface area contributed by atoms with Crippen LogP contribution in [0.1, 0.15) is 6.42 Å². The molecule has 1 atom stereocenters. The maximum atomic E-state index is 5.92. The molecule has 1 aliphatic heterocycles. The smallest absolute Gasteiger partial charge is 0.223 e. The SMILES string of the molecule is Cl.Clc1ccc2nc(NC3CCNC3)ncc2c1. The third kappa shape index (κ3) is 2.83. The molecule has 0 saturated carbocycles. The van der Waals surface area contributed by atoms with E-state index in [1.807, 2.05) is 18.2 Å². The number of nitrogens with one attached hydrogen (secondary N) is 2. The number of nitrogens with zero attached hydrogens (tertiary/aromatic N) is 2. The zero-order valence-electron chi connectivity index (χ0n) is 9.69. The van der Waals surface area contributed by atoms with Gasteiger partial charge in [0.1, 0.15) is 0 Å². The van der Waals surface area contributed by atoms with Crippen LogP contribution in [0.2, 0.25) is 5.02 Å². The molecule has 0 amide bonds. The average Bonchev–Trinajstić information content (AvgIpc) is 2.82. The first-order valence-corrected chi connectivity index (χ1v) is 6.08. The van der Waals surface area contributed by atoms with Crippen molar-refractivity contribution in [2.45, 2.75) is 12.5 Å². The molecule has 18 heavy (non-hydrogen) atoms. The topological polar surface area (TPSA) is 49.8 Å². The lowest BCUT2D eigenvalue weighted by Gasteiger charge is -2.11. The standard InChI is InChI=1S/C12H13ClN4.ClH/c13-9-1-2-11-8(5-9)6-15-12(17-11)16-10-3-4-14-7-10;/h1-2,5-6,10,14H,3-4,7H2,(H,15,16,17);1H. The molecule has 2 aromatic rings. The fraction of sp³-hybridized carbons (Fsp3) is 0.333. The van der Waals surface area contributed by atoms with E-state index in [0.717, 1.165) is 30.4 Å². The Morgan fingerprint density at radius 1 is 1.39 bits per heavy atom. The van der Waals surface area contributed by atoms with Gasteiger partial charge in [0.05, 0.1) is 5.52 Å². The van der Waals surface area contributed by atoms with Crippen LogP contribution in [-0.4, -0.2) is 29.1 Å². The van der Waals surface area contributed by atoms with Gasteiger partial charge in [-0.15, -0.1) is 12.4 Å². The largest absolute Gasteiger partial charge is 0.350 e. The van der Waals surface area contributed by atoms with Gasteiger partial charge in [0.25, 0.3) is 0 Å². The first kappa shape index (κ1) is 13.3. The minimum Gasteiger partial charge on any atom is -0.350 e. The summed E-state index contributed by atoms with van der Waals surface area (Å²) in [6, 6.07) is 6.06. The van der Waals surface area contributed by atoms with Crippen LogP contribution in [0.15, 0.2) is 24.4 Å². The average molecular weight is 285 g/mol. The van der Waals surface area contributed by atoms with Gasteiger partial charge in [0.15, 0.2) is 0 Å². The normalized spacial score (nSPS) is 18.6. The second kappa shape index (κ2) is 5.69. The fourth-order valence-corrected chi connectivity index (χ4v) is 2.21. The van der Waals surface area contributed by atoms with Crippen molar-refractivity contribution in [3.8, 4) is 0 Å². The number of hydrogen-bond acceptors (Lipinski definition) is 4. The zero-order chi connectivity index (χ0) is 11.7. The minimum atomic E-state index is 0. The molecule has 2 heterocycles. The molecule has 96 valence electrons. The van der Waals surface area contributed by atoms with Gasteiger partial charge in [-0.25, -0.2) is 9.97 Å². The van der Waals surface area contributed by atoms with Crippen molar-refractivity contribution in [2.24, 2.45) is 0 Å². The predicted molar refractivity (Wildman–Crippen MR) is 76.7 cm³/mol. The molecule has 1 saturated heterocycles. The van der Waals surface area contributed by atoms with Gasteiger partial charge in [-0.1, -0.05) is 11.6 Å². The first-order valence-electron chi connectivity index (χ1n) is 5.71. The number of fused-ring (bicyclic) bond motifs is 1. The Labute approximate surface area is 117 Å². The summed E-state index contributed by atoms with van der Waals surface area (Å²) in [5.74, 6) is 0.688. The molecule has 4 nitrogen and oxygen atoms in total. The van der Waals surface area contributed by atoms with Crippen LogP contribution in [0.4, 0.5) is 5.95 Å². The lowest BCUT2D eigenvalue weighted by atomic mass is 10.2. The molecule has 1 aromatic carbocycles. The summed E-state index contributed by atoms with van der Waals surface area (Å²) in [5.41, 5.74) is 0.915. The Morgan fingerprint density at radius 3 is 3.06 bits per heavy atom. The van der Waals surface area contributed by atoms with Gasteiger partial charge < -0.3 is 10.6 Å². The summed E-state index contributed by atoms with van der Waals surface area (Å²) in [6.07, 6.45) is 2.92. The van der Waals surface area contributed by atoms with Crippen molar-refractivity contribution in [1.82, 2.24) is 15.3 Å². The van der Waals surface area contributed by atoms with Gasteiger partial charge in [0.2, 0.25) is 5.95 Å². The molecule has 1 fully saturated rings. The number of aromatic nitrogens is 2. The molecule has 1 aliphatic rings. The first-order chi connectivity index (χ1) is 8.31. The summed E-state index contributed by atoms with van der Waals surface area (Å²) in [5, 5.41) is 8.31. The number of halogens is 2. The van der Waals surface area contributed by atoms with E-state index in [2.05, 4.69) is 20.6 Å². The summed E-state index contributed by atoms with van der Waals surface area (Å²) >= 11 is 5.92. The molecule has 2 N–H and O–H groups in total. The number of hydrogen-bond donors (Lipinski definition) is 2. The Morgan fingerprint density at radius 2 is 2.28 bits per heavy atom. The van der Waals surface area contributed by atoms with Gasteiger partial charge in [-0.2, -0.15) is 0 Å². The van der Waals surface area contributed by atoms with Crippen molar-refractivity contribution >= 4 is 40.9 Å². The van der Waals surface area contributed by atoms with E-state index in [9.17, 15) is 0 Å². The molecule has 0 radical (unpaired) electrons. The Bertz CT molecular complexity index is 541. The molecule has 1 aromatic heterocycles. The van der Waals surface area contributed by atoms with Crippen molar-refractivity contribution in [2.75, 3.05) is 18.4 Å². The third-order valence-electron chi connectivity index (χ3n) is 2.94. The van der Waals surface area contributed by atoms with E-state index in [0.29, 0.717) is 17.0 Å². The molecule has 3 rings (SSSR count). The van der Waals surface area contributed by atoms with Gasteiger partial charge in [0, 0.05) is 29.2 Å². The molecule has 0 aliphatic carbocycles. The molecule has 6 heteroatoms. The van der Waals surface area contributed by atoms with Crippen LogP contribution in [0.25, 0.3) is 10.9 Å². The monoisotopic (exact) mass is 284 g/mol. The van der Waals surface area contributed by atoms with E-state index < -0.39 is 0 Å². The van der Waals surface area contributed by atoms with Crippen LogP contribution in [0, 0.1) is 0 Å². The van der Waals surface area contributed by atoms with Crippen LogP contribution < -0.4 is 10.6 Å². The molecule has 0 spiro atoms. The summed E-state index contributed by atoms with van der Waals surface area (Å²) < 4.78 is 0. The van der Waals surface area contributed by atoms with E-state index in [1.54, 1.807) is 6.20 Å². The van der Waals surface area contributed by atoms with E-state index in [4.69, 9.17) is 11.6 Å². The summed E-state index contributed by atoms with van der Waals surface area (Å²) in [4.78, 5) is 8.77. The lowest BCUT2D eigenvalue weighted by Crippen LogP contribution is -2.23. The molecule has 1 unspecified atom stereocenters. The highest BCUT2D eigenvalue weighted by atomic mass is 35.5. The van der Waals surface area contributed by atoms with E-state index in [-0.39, 0.29) is 12.4 Å². The predicted octanol–water partition coefficient (Wildman–Crippen LogP) is 2.48. The Balaban J connectivity index is 0.00000120. The highest BCUT2D eigenvalue weighted by Gasteiger charge is 2.14. The van der Waals surface area contributed by atoms with Crippen molar-refractivity contribution in [1.29, 1.82) is 0 Å². The molecule has 0 bridgehead atoms. The highest BCUT2D eigenvalue weighted by molar-refractivity contribution is 6.31.